The summed E-state index contributed by atoms with van der Waals surface area (Å²) in [7, 11) is 2.05. The van der Waals surface area contributed by atoms with E-state index in [-0.39, 0.29) is 6.61 Å². The van der Waals surface area contributed by atoms with Crippen LogP contribution in [0.4, 0.5) is 5.82 Å². The number of pyridine rings is 1. The maximum atomic E-state index is 8.90. The van der Waals surface area contributed by atoms with Crippen molar-refractivity contribution in [1.29, 1.82) is 0 Å². The van der Waals surface area contributed by atoms with Crippen LogP contribution in [0.1, 0.15) is 25.8 Å². The second-order valence-electron chi connectivity index (χ2n) is 4.08. The molecule has 0 fully saturated rings. The molecule has 15 heavy (non-hydrogen) atoms. The second-order valence-corrected chi connectivity index (χ2v) is 4.08. The van der Waals surface area contributed by atoms with E-state index in [4.69, 9.17) is 5.11 Å². The van der Waals surface area contributed by atoms with Crippen LogP contribution in [-0.2, 0) is 6.61 Å². The number of rotatable bonds is 5. The van der Waals surface area contributed by atoms with Gasteiger partial charge in [0.2, 0.25) is 0 Å². The summed E-state index contributed by atoms with van der Waals surface area (Å²) in [5.41, 5.74) is 0.857. The molecule has 0 saturated carbocycles. The van der Waals surface area contributed by atoms with Gasteiger partial charge in [-0.2, -0.15) is 0 Å². The average molecular weight is 208 g/mol. The lowest BCUT2D eigenvalue weighted by atomic mass is 10.1. The molecule has 0 saturated heterocycles. The summed E-state index contributed by atoms with van der Waals surface area (Å²) in [5.74, 6) is 1.64. The van der Waals surface area contributed by atoms with Crippen molar-refractivity contribution in [3.05, 3.63) is 23.9 Å². The molecule has 3 heteroatoms. The van der Waals surface area contributed by atoms with E-state index in [1.165, 1.54) is 6.42 Å². The van der Waals surface area contributed by atoms with Gasteiger partial charge in [0.05, 0.1) is 6.61 Å². The van der Waals surface area contributed by atoms with Gasteiger partial charge in [0.15, 0.2) is 0 Å². The van der Waals surface area contributed by atoms with Crippen molar-refractivity contribution in [2.24, 2.45) is 5.92 Å². The van der Waals surface area contributed by atoms with Crippen LogP contribution in [-0.4, -0.2) is 23.7 Å². The fourth-order valence-electron chi connectivity index (χ4n) is 1.43. The Bertz CT molecular complexity index is 284. The lowest BCUT2D eigenvalue weighted by molar-refractivity contribution is 0.281. The Morgan fingerprint density at radius 3 is 2.67 bits per heavy atom. The number of nitrogens with zero attached hydrogens (tertiary/aromatic N) is 2. The van der Waals surface area contributed by atoms with Crippen molar-refractivity contribution in [3.8, 4) is 0 Å². The van der Waals surface area contributed by atoms with Crippen molar-refractivity contribution < 1.29 is 5.11 Å². The van der Waals surface area contributed by atoms with Crippen molar-refractivity contribution in [2.75, 3.05) is 18.5 Å². The van der Waals surface area contributed by atoms with Crippen LogP contribution in [0.15, 0.2) is 18.3 Å². The first-order valence-corrected chi connectivity index (χ1v) is 5.44. The van der Waals surface area contributed by atoms with Crippen molar-refractivity contribution in [3.63, 3.8) is 0 Å². The molecule has 1 N–H and O–H groups in total. The van der Waals surface area contributed by atoms with Gasteiger partial charge in [0.25, 0.3) is 0 Å². The lowest BCUT2D eigenvalue weighted by Gasteiger charge is -2.21. The van der Waals surface area contributed by atoms with E-state index in [1.807, 2.05) is 19.2 Å². The molecular weight excluding hydrogens is 188 g/mol. The van der Waals surface area contributed by atoms with Crippen LogP contribution >= 0.6 is 0 Å². The van der Waals surface area contributed by atoms with Crippen LogP contribution in [0.3, 0.4) is 0 Å². The number of hydrogen-bond donors (Lipinski definition) is 1. The predicted octanol–water partition coefficient (Wildman–Crippen LogP) is 2.06. The maximum absolute atomic E-state index is 8.90. The number of aliphatic hydroxyl groups is 1. The van der Waals surface area contributed by atoms with E-state index >= 15 is 0 Å². The van der Waals surface area contributed by atoms with Crippen molar-refractivity contribution in [2.45, 2.75) is 26.9 Å². The Kier molecular flexibility index (Phi) is 4.56. The van der Waals surface area contributed by atoms with E-state index < -0.39 is 0 Å². The van der Waals surface area contributed by atoms with E-state index in [0.29, 0.717) is 5.92 Å². The van der Waals surface area contributed by atoms with Gasteiger partial charge in [-0.3, -0.25) is 0 Å². The van der Waals surface area contributed by atoms with E-state index in [0.717, 1.165) is 17.9 Å². The van der Waals surface area contributed by atoms with Gasteiger partial charge in [0, 0.05) is 19.8 Å². The van der Waals surface area contributed by atoms with Gasteiger partial charge >= 0.3 is 0 Å². The van der Waals surface area contributed by atoms with Gasteiger partial charge in [-0.1, -0.05) is 26.3 Å². The minimum absolute atomic E-state index is 0.0579. The Morgan fingerprint density at radius 2 is 2.20 bits per heavy atom. The molecule has 1 heterocycles. The summed E-state index contributed by atoms with van der Waals surface area (Å²) in [6.45, 7) is 5.50. The molecule has 1 atom stereocenters. The summed E-state index contributed by atoms with van der Waals surface area (Å²) in [4.78, 5) is 6.45. The minimum atomic E-state index is 0.0579. The van der Waals surface area contributed by atoms with Crippen LogP contribution in [0.5, 0.6) is 0 Å². The lowest BCUT2D eigenvalue weighted by Crippen LogP contribution is -2.24. The molecule has 1 unspecified atom stereocenters. The van der Waals surface area contributed by atoms with Gasteiger partial charge < -0.3 is 10.0 Å². The largest absolute Gasteiger partial charge is 0.392 e. The number of aromatic nitrogens is 1. The first-order valence-electron chi connectivity index (χ1n) is 5.44. The Morgan fingerprint density at radius 1 is 1.47 bits per heavy atom. The summed E-state index contributed by atoms with van der Waals surface area (Å²) >= 11 is 0. The van der Waals surface area contributed by atoms with Crippen LogP contribution < -0.4 is 4.90 Å². The normalized spacial score (nSPS) is 12.5. The third-order valence-electron chi connectivity index (χ3n) is 2.67. The fourth-order valence-corrected chi connectivity index (χ4v) is 1.43. The highest BCUT2D eigenvalue weighted by molar-refractivity contribution is 5.38. The monoisotopic (exact) mass is 208 g/mol. The zero-order valence-electron chi connectivity index (χ0n) is 9.77. The molecule has 1 aromatic rings. The highest BCUT2D eigenvalue weighted by atomic mass is 16.3. The van der Waals surface area contributed by atoms with Gasteiger partial charge in [0.1, 0.15) is 5.82 Å². The van der Waals surface area contributed by atoms with E-state index in [9.17, 15) is 0 Å². The van der Waals surface area contributed by atoms with Crippen LogP contribution in [0, 0.1) is 5.92 Å². The Balaban J connectivity index is 2.61. The summed E-state index contributed by atoms with van der Waals surface area (Å²) < 4.78 is 0. The SMILES string of the molecule is CCC(C)CN(C)c1ccc(CO)cn1. The molecule has 0 aliphatic carbocycles. The predicted molar refractivity (Wildman–Crippen MR) is 62.9 cm³/mol. The summed E-state index contributed by atoms with van der Waals surface area (Å²) in [6.07, 6.45) is 2.90. The Labute approximate surface area is 91.8 Å². The molecule has 0 aliphatic heterocycles. The van der Waals surface area contributed by atoms with Gasteiger partial charge in [-0.25, -0.2) is 4.98 Å². The van der Waals surface area contributed by atoms with Crippen LogP contribution in [0.2, 0.25) is 0 Å². The molecule has 1 aromatic heterocycles. The number of aliphatic hydroxyl groups excluding tert-OH is 1. The third-order valence-corrected chi connectivity index (χ3v) is 2.67. The summed E-state index contributed by atoms with van der Waals surface area (Å²) in [5, 5.41) is 8.90. The third kappa shape index (κ3) is 3.51. The molecule has 84 valence electrons. The zero-order chi connectivity index (χ0) is 11.3. The first-order chi connectivity index (χ1) is 7.17. The second kappa shape index (κ2) is 5.71. The van der Waals surface area contributed by atoms with E-state index in [2.05, 4.69) is 23.7 Å². The molecule has 0 amide bonds. The topological polar surface area (TPSA) is 36.4 Å². The van der Waals surface area contributed by atoms with E-state index in [1.54, 1.807) is 6.20 Å². The highest BCUT2D eigenvalue weighted by Gasteiger charge is 2.06. The standard InChI is InChI=1S/C12H20N2O/c1-4-10(2)8-14(3)12-6-5-11(9-15)7-13-12/h5-7,10,15H,4,8-9H2,1-3H3. The minimum Gasteiger partial charge on any atom is -0.392 e. The molecule has 0 radical (unpaired) electrons. The number of hydrogen-bond acceptors (Lipinski definition) is 3. The molecule has 0 bridgehead atoms. The van der Waals surface area contributed by atoms with Crippen molar-refractivity contribution >= 4 is 5.82 Å². The first kappa shape index (κ1) is 12.0. The highest BCUT2D eigenvalue weighted by Crippen LogP contribution is 2.12. The zero-order valence-corrected chi connectivity index (χ0v) is 9.77. The van der Waals surface area contributed by atoms with Crippen molar-refractivity contribution in [1.82, 2.24) is 4.98 Å². The molecule has 0 aromatic carbocycles. The summed E-state index contributed by atoms with van der Waals surface area (Å²) in [6, 6.07) is 3.86. The van der Waals surface area contributed by atoms with Gasteiger partial charge in [-0.05, 0) is 17.5 Å². The molecular formula is C12H20N2O. The maximum Gasteiger partial charge on any atom is 0.128 e. The van der Waals surface area contributed by atoms with Crippen LogP contribution in [0.25, 0.3) is 0 Å². The molecule has 0 spiro atoms. The molecule has 3 nitrogen and oxygen atoms in total. The smallest absolute Gasteiger partial charge is 0.128 e. The molecule has 0 aliphatic rings. The quantitative estimate of drug-likeness (QED) is 0.804. The fraction of sp³-hybridized carbons (Fsp3) is 0.583. The van der Waals surface area contributed by atoms with Gasteiger partial charge in [-0.15, -0.1) is 0 Å². The molecule has 1 rings (SSSR count). The Hall–Kier alpha value is -1.09. The number of anilines is 1. The average Bonchev–Trinajstić information content (AvgIpc) is 2.29.